The van der Waals surface area contributed by atoms with Gasteiger partial charge in [-0.1, -0.05) is 0 Å². The van der Waals surface area contributed by atoms with Gasteiger partial charge in [0.25, 0.3) is 0 Å². The molecule has 2 atom stereocenters. The summed E-state index contributed by atoms with van der Waals surface area (Å²) in [5, 5.41) is 6.11. The molecule has 6 heteroatoms. The van der Waals surface area contributed by atoms with Crippen molar-refractivity contribution in [3.63, 3.8) is 0 Å². The Bertz CT molecular complexity index is 366. The first kappa shape index (κ1) is 11.9. The maximum Gasteiger partial charge on any atom is 0.220 e. The molecule has 0 spiro atoms. The number of hydrogen-bond acceptors (Lipinski definition) is 4. The number of sulfone groups is 1. The van der Waals surface area contributed by atoms with Gasteiger partial charge in [-0.05, 0) is 19.3 Å². The van der Waals surface area contributed by atoms with Crippen LogP contribution in [0.5, 0.6) is 0 Å². The van der Waals surface area contributed by atoms with E-state index in [1.807, 2.05) is 0 Å². The van der Waals surface area contributed by atoms with Crippen LogP contribution in [0.15, 0.2) is 0 Å². The molecule has 16 heavy (non-hydrogen) atoms. The first-order valence-electron chi connectivity index (χ1n) is 5.78. The van der Waals surface area contributed by atoms with Gasteiger partial charge in [-0.3, -0.25) is 4.79 Å². The molecule has 0 aromatic carbocycles. The van der Waals surface area contributed by atoms with E-state index in [2.05, 4.69) is 10.6 Å². The molecule has 5 nitrogen and oxygen atoms in total. The zero-order valence-corrected chi connectivity index (χ0v) is 10.1. The van der Waals surface area contributed by atoms with Crippen molar-refractivity contribution < 1.29 is 13.2 Å². The van der Waals surface area contributed by atoms with E-state index in [1.54, 1.807) is 0 Å². The van der Waals surface area contributed by atoms with E-state index in [1.165, 1.54) is 0 Å². The molecule has 2 aliphatic heterocycles. The molecule has 2 heterocycles. The summed E-state index contributed by atoms with van der Waals surface area (Å²) in [7, 11) is -2.84. The number of carbonyl (C=O) groups excluding carboxylic acids is 1. The molecule has 1 amide bonds. The molecule has 2 rings (SSSR count). The van der Waals surface area contributed by atoms with Crippen LogP contribution in [0.25, 0.3) is 0 Å². The molecule has 2 fully saturated rings. The van der Waals surface area contributed by atoms with Gasteiger partial charge in [0.2, 0.25) is 5.91 Å². The fraction of sp³-hybridized carbons (Fsp3) is 0.900. The van der Waals surface area contributed by atoms with Gasteiger partial charge >= 0.3 is 0 Å². The summed E-state index contributed by atoms with van der Waals surface area (Å²) in [6, 6.07) is 0.244. The summed E-state index contributed by atoms with van der Waals surface area (Å²) in [6.07, 6.45) is 3.11. The predicted octanol–water partition coefficient (Wildman–Crippen LogP) is -0.568. The Morgan fingerprint density at radius 2 is 2.19 bits per heavy atom. The second kappa shape index (κ2) is 4.71. The summed E-state index contributed by atoms with van der Waals surface area (Å²) in [5.41, 5.74) is 0. The lowest BCUT2D eigenvalue weighted by Crippen LogP contribution is -2.45. The van der Waals surface area contributed by atoms with E-state index < -0.39 is 9.84 Å². The molecular formula is C10H18N2O3S. The fourth-order valence-corrected chi connectivity index (χ4v) is 3.99. The average Bonchev–Trinajstić information content (AvgIpc) is 2.60. The van der Waals surface area contributed by atoms with E-state index in [9.17, 15) is 13.2 Å². The third kappa shape index (κ3) is 3.18. The van der Waals surface area contributed by atoms with E-state index in [-0.39, 0.29) is 23.7 Å². The van der Waals surface area contributed by atoms with Crippen LogP contribution in [0.2, 0.25) is 0 Å². The first-order valence-corrected chi connectivity index (χ1v) is 7.60. The van der Waals surface area contributed by atoms with Gasteiger partial charge in [0.1, 0.15) is 0 Å². The van der Waals surface area contributed by atoms with Crippen LogP contribution in [0, 0.1) is 0 Å². The van der Waals surface area contributed by atoms with Crippen molar-refractivity contribution in [3.8, 4) is 0 Å². The van der Waals surface area contributed by atoms with Crippen LogP contribution in [0.3, 0.4) is 0 Å². The maximum atomic E-state index is 11.4. The highest BCUT2D eigenvalue weighted by atomic mass is 32.2. The molecule has 0 bridgehead atoms. The Hall–Kier alpha value is -0.620. The fourth-order valence-electron chi connectivity index (χ4n) is 2.32. The molecule has 0 saturated carbocycles. The Kier molecular flexibility index (Phi) is 3.49. The first-order chi connectivity index (χ1) is 7.55. The van der Waals surface area contributed by atoms with Gasteiger partial charge in [0, 0.05) is 25.0 Å². The van der Waals surface area contributed by atoms with Crippen LogP contribution >= 0.6 is 0 Å². The number of nitrogens with one attached hydrogen (secondary N) is 2. The van der Waals surface area contributed by atoms with Gasteiger partial charge in [-0.15, -0.1) is 0 Å². The number of hydrogen-bond donors (Lipinski definition) is 2. The SMILES string of the molecule is O=C1CCC(CNC2CCCS(=O)(=O)C2)N1. The van der Waals surface area contributed by atoms with Crippen LogP contribution in [-0.4, -0.2) is 44.5 Å². The minimum Gasteiger partial charge on any atom is -0.352 e. The topological polar surface area (TPSA) is 75.3 Å². The van der Waals surface area contributed by atoms with Crippen LogP contribution < -0.4 is 10.6 Å². The predicted molar refractivity (Wildman–Crippen MR) is 60.8 cm³/mol. The maximum absolute atomic E-state index is 11.4. The molecule has 2 unspecified atom stereocenters. The minimum absolute atomic E-state index is 0.0660. The highest BCUT2D eigenvalue weighted by Crippen LogP contribution is 2.13. The van der Waals surface area contributed by atoms with E-state index >= 15 is 0 Å². The lowest BCUT2D eigenvalue weighted by Gasteiger charge is -2.24. The largest absolute Gasteiger partial charge is 0.352 e. The quantitative estimate of drug-likeness (QED) is 0.699. The zero-order chi connectivity index (χ0) is 11.6. The van der Waals surface area contributed by atoms with E-state index in [0.717, 1.165) is 19.3 Å². The molecule has 0 aromatic heterocycles. The average molecular weight is 246 g/mol. The van der Waals surface area contributed by atoms with Gasteiger partial charge in [-0.2, -0.15) is 0 Å². The molecular weight excluding hydrogens is 228 g/mol. The molecule has 0 aliphatic carbocycles. The molecule has 2 aliphatic rings. The summed E-state index contributed by atoms with van der Waals surface area (Å²) in [6.45, 7) is 0.686. The lowest BCUT2D eigenvalue weighted by molar-refractivity contribution is -0.119. The summed E-state index contributed by atoms with van der Waals surface area (Å²) >= 11 is 0. The van der Waals surface area contributed by atoms with Gasteiger partial charge in [0.15, 0.2) is 9.84 Å². The summed E-state index contributed by atoms with van der Waals surface area (Å²) < 4.78 is 22.8. The van der Waals surface area contributed by atoms with Crippen LogP contribution in [0.4, 0.5) is 0 Å². The third-order valence-corrected chi connectivity index (χ3v) is 5.02. The highest BCUT2D eigenvalue weighted by Gasteiger charge is 2.26. The van der Waals surface area contributed by atoms with Crippen molar-refractivity contribution in [2.24, 2.45) is 0 Å². The van der Waals surface area contributed by atoms with Crippen molar-refractivity contribution in [2.45, 2.75) is 37.8 Å². The van der Waals surface area contributed by atoms with E-state index in [0.29, 0.717) is 18.7 Å². The van der Waals surface area contributed by atoms with Crippen LogP contribution in [-0.2, 0) is 14.6 Å². The molecule has 2 N–H and O–H groups in total. The Morgan fingerprint density at radius 1 is 1.38 bits per heavy atom. The smallest absolute Gasteiger partial charge is 0.220 e. The molecule has 0 aromatic rings. The number of rotatable bonds is 3. The summed E-state index contributed by atoms with van der Waals surface area (Å²) in [5.74, 6) is 0.669. The molecule has 2 saturated heterocycles. The van der Waals surface area contributed by atoms with Gasteiger partial charge < -0.3 is 10.6 Å². The van der Waals surface area contributed by atoms with Gasteiger partial charge in [-0.25, -0.2) is 8.42 Å². The van der Waals surface area contributed by atoms with Gasteiger partial charge in [0.05, 0.1) is 11.5 Å². The Balaban J connectivity index is 1.75. The van der Waals surface area contributed by atoms with Crippen molar-refractivity contribution in [3.05, 3.63) is 0 Å². The number of carbonyl (C=O) groups is 1. The summed E-state index contributed by atoms with van der Waals surface area (Å²) in [4.78, 5) is 11.0. The second-order valence-electron chi connectivity index (χ2n) is 4.66. The Labute approximate surface area is 95.9 Å². The van der Waals surface area contributed by atoms with Crippen molar-refractivity contribution in [2.75, 3.05) is 18.1 Å². The monoisotopic (exact) mass is 246 g/mol. The van der Waals surface area contributed by atoms with E-state index in [4.69, 9.17) is 0 Å². The zero-order valence-electron chi connectivity index (χ0n) is 9.24. The molecule has 92 valence electrons. The van der Waals surface area contributed by atoms with Crippen molar-refractivity contribution >= 4 is 15.7 Å². The molecule has 0 radical (unpaired) electrons. The highest BCUT2D eigenvalue weighted by molar-refractivity contribution is 7.91. The lowest BCUT2D eigenvalue weighted by atomic mass is 10.1. The Morgan fingerprint density at radius 3 is 2.81 bits per heavy atom. The number of amides is 1. The van der Waals surface area contributed by atoms with Crippen LogP contribution in [0.1, 0.15) is 25.7 Å². The third-order valence-electron chi connectivity index (χ3n) is 3.20. The normalized spacial score (nSPS) is 33.6. The van der Waals surface area contributed by atoms with Crippen molar-refractivity contribution in [1.82, 2.24) is 10.6 Å². The minimum atomic E-state index is -2.84. The standard InChI is InChI=1S/C10H18N2O3S/c13-10-4-3-8(12-10)6-11-9-2-1-5-16(14,15)7-9/h8-9,11H,1-7H2,(H,12,13). The second-order valence-corrected chi connectivity index (χ2v) is 6.89. The van der Waals surface area contributed by atoms with Crippen molar-refractivity contribution in [1.29, 1.82) is 0 Å².